The van der Waals surface area contributed by atoms with Crippen LogP contribution in [0.25, 0.3) is 22.3 Å². The van der Waals surface area contributed by atoms with Crippen LogP contribution >= 0.6 is 17.0 Å². The zero-order valence-electron chi connectivity index (χ0n) is 23.3. The first-order valence-corrected chi connectivity index (χ1v) is 22.4. The first kappa shape index (κ1) is 32.1. The van der Waals surface area contributed by atoms with Gasteiger partial charge in [0.05, 0.1) is 0 Å². The van der Waals surface area contributed by atoms with Gasteiger partial charge in [-0.25, -0.2) is 0 Å². The van der Waals surface area contributed by atoms with Crippen molar-refractivity contribution in [3.05, 3.63) is 119 Å². The molecule has 201 valence electrons. The van der Waals surface area contributed by atoms with Crippen molar-refractivity contribution in [3.63, 3.8) is 0 Å². The van der Waals surface area contributed by atoms with Crippen molar-refractivity contribution in [2.24, 2.45) is 0 Å². The van der Waals surface area contributed by atoms with Crippen molar-refractivity contribution in [3.8, 4) is 22.3 Å². The molecule has 39 heavy (non-hydrogen) atoms. The van der Waals surface area contributed by atoms with E-state index in [2.05, 4.69) is 98.4 Å². The van der Waals surface area contributed by atoms with Gasteiger partial charge in [-0.15, -0.1) is 11.1 Å². The largest absolute Gasteiger partial charge is 0.179 e. The van der Waals surface area contributed by atoms with Crippen LogP contribution in [0.5, 0.6) is 0 Å². The first-order chi connectivity index (χ1) is 19.2. The number of hydrogen-bond donors (Lipinski definition) is 0. The second-order valence-corrected chi connectivity index (χ2v) is 15.0. The monoisotopic (exact) mass is 647 g/mol. The fourth-order valence-electron chi connectivity index (χ4n) is 5.12. The molecule has 0 amide bonds. The van der Waals surface area contributed by atoms with Gasteiger partial charge in [-0.3, -0.25) is 0 Å². The molecule has 0 nitrogen and oxygen atoms in total. The van der Waals surface area contributed by atoms with Crippen LogP contribution in [-0.4, -0.2) is 9.52 Å². The Morgan fingerprint density at radius 1 is 0.641 bits per heavy atom. The third-order valence-electron chi connectivity index (χ3n) is 7.08. The Balaban J connectivity index is 0.000000156. The van der Waals surface area contributed by atoms with Gasteiger partial charge in [-0.1, -0.05) is 129 Å². The van der Waals surface area contributed by atoms with Crippen LogP contribution in [0, 0.1) is 12.1 Å². The van der Waals surface area contributed by atoms with Gasteiger partial charge in [0.1, 0.15) is 0 Å². The molecular formula is C35H39Cl2SiZr. The Labute approximate surface area is 258 Å². The van der Waals surface area contributed by atoms with E-state index in [4.69, 9.17) is 17.0 Å². The molecule has 0 saturated heterocycles. The van der Waals surface area contributed by atoms with Gasteiger partial charge in [0, 0.05) is 9.52 Å². The minimum absolute atomic E-state index is 0.772. The van der Waals surface area contributed by atoms with Gasteiger partial charge in [0.2, 0.25) is 0 Å². The van der Waals surface area contributed by atoms with Crippen LogP contribution in [0.1, 0.15) is 67.7 Å². The Hall–Kier alpha value is -1.44. The SMILES string of the molecule is CCCCCCCC[SiH]C.[Cl][Zr+2][Cl].[c-]1cccc2c1Cc1ccccc1-2.[c-]1cccc2c1Cc1ccccc1-2. The molecule has 0 aromatic heterocycles. The Morgan fingerprint density at radius 2 is 1.08 bits per heavy atom. The molecule has 0 bridgehead atoms. The van der Waals surface area contributed by atoms with Crippen molar-refractivity contribution in [1.82, 2.24) is 0 Å². The molecule has 0 saturated carbocycles. The van der Waals surface area contributed by atoms with E-state index < -0.39 is 20.8 Å². The van der Waals surface area contributed by atoms with Crippen LogP contribution in [0.4, 0.5) is 0 Å². The topological polar surface area (TPSA) is 0 Å². The van der Waals surface area contributed by atoms with Gasteiger partial charge in [-0.2, -0.15) is 59.7 Å². The van der Waals surface area contributed by atoms with E-state index in [0.717, 1.165) is 22.4 Å². The van der Waals surface area contributed by atoms with Crippen molar-refractivity contribution in [1.29, 1.82) is 0 Å². The van der Waals surface area contributed by atoms with Gasteiger partial charge in [0.15, 0.2) is 0 Å². The molecule has 4 heteroatoms. The van der Waals surface area contributed by atoms with Crippen LogP contribution in [0.2, 0.25) is 12.6 Å². The summed E-state index contributed by atoms with van der Waals surface area (Å²) < 4.78 is 0. The van der Waals surface area contributed by atoms with E-state index in [1.165, 1.54) is 89.1 Å². The quantitative estimate of drug-likeness (QED) is 0.0917. The summed E-state index contributed by atoms with van der Waals surface area (Å²) in [5.41, 5.74) is 11.0. The van der Waals surface area contributed by atoms with Crippen LogP contribution in [0.15, 0.2) is 84.9 Å². The molecule has 6 rings (SSSR count). The number of fused-ring (bicyclic) bond motifs is 6. The molecule has 0 heterocycles. The second kappa shape index (κ2) is 18.8. The first-order valence-electron chi connectivity index (χ1n) is 14.1. The molecule has 0 unspecified atom stereocenters. The third kappa shape index (κ3) is 10.2. The molecular weight excluding hydrogens is 611 g/mol. The smallest absolute Gasteiger partial charge is 0.0253 e. The van der Waals surface area contributed by atoms with Gasteiger partial charge >= 0.3 is 37.9 Å². The molecule has 0 aliphatic heterocycles. The van der Waals surface area contributed by atoms with Gasteiger partial charge in [-0.05, 0) is 12.8 Å². The van der Waals surface area contributed by atoms with Crippen LogP contribution in [0.3, 0.4) is 0 Å². The van der Waals surface area contributed by atoms with Crippen molar-refractivity contribution >= 4 is 26.5 Å². The molecule has 0 fully saturated rings. The van der Waals surface area contributed by atoms with Crippen molar-refractivity contribution in [2.75, 3.05) is 0 Å². The number of benzene rings is 4. The maximum Gasteiger partial charge on any atom is -0.0253 e. The van der Waals surface area contributed by atoms with Gasteiger partial charge < -0.3 is 0 Å². The minimum Gasteiger partial charge on any atom is -0.179 e. The molecule has 0 spiro atoms. The second-order valence-electron chi connectivity index (χ2n) is 9.83. The summed E-state index contributed by atoms with van der Waals surface area (Å²) in [7, 11) is 10.6. The van der Waals surface area contributed by atoms with Gasteiger partial charge in [0.25, 0.3) is 0 Å². The predicted octanol–water partition coefficient (Wildman–Crippen LogP) is 10.7. The van der Waals surface area contributed by atoms with E-state index in [9.17, 15) is 0 Å². The molecule has 4 aromatic carbocycles. The van der Waals surface area contributed by atoms with Crippen LogP contribution < -0.4 is 0 Å². The fourth-order valence-corrected chi connectivity index (χ4v) is 5.82. The summed E-state index contributed by atoms with van der Waals surface area (Å²) in [4.78, 5) is 0. The zero-order chi connectivity index (χ0) is 27.7. The van der Waals surface area contributed by atoms with E-state index in [1.54, 1.807) is 0 Å². The average Bonchev–Trinajstić information content (AvgIpc) is 3.55. The van der Waals surface area contributed by atoms with E-state index >= 15 is 0 Å². The van der Waals surface area contributed by atoms with Crippen LogP contribution in [-0.2, 0) is 33.7 Å². The summed E-state index contributed by atoms with van der Waals surface area (Å²) in [5, 5.41) is 0. The molecule has 2 aliphatic rings. The summed E-state index contributed by atoms with van der Waals surface area (Å²) in [5.74, 6) is 0. The van der Waals surface area contributed by atoms with E-state index in [-0.39, 0.29) is 0 Å². The Bertz CT molecular complexity index is 1070. The maximum absolute atomic E-state index is 4.93. The summed E-state index contributed by atoms with van der Waals surface area (Å²) in [6, 6.07) is 37.7. The molecule has 0 atom stereocenters. The Kier molecular flexibility index (Phi) is 15.5. The van der Waals surface area contributed by atoms with E-state index in [0.29, 0.717) is 0 Å². The van der Waals surface area contributed by atoms with Crippen molar-refractivity contribution in [2.45, 2.75) is 70.9 Å². The molecule has 1 radical (unpaired) electrons. The molecule has 2 aliphatic carbocycles. The Morgan fingerprint density at radius 3 is 1.56 bits per heavy atom. The normalized spacial score (nSPS) is 11.1. The number of unbranched alkanes of at least 4 members (excludes halogenated alkanes) is 5. The standard InChI is InChI=1S/2C13H9.C9H21Si.2ClH.Zr/c2*1-3-7-12-10(5-1)9-11-6-2-4-8-13(11)12;1-3-4-5-6-7-8-9-10-2;;;/h2*1-5,7-8H,9H2;10H,3-9H2,1-2H3;2*1H;/q2*-1;;;;+4/p-2. The number of halogens is 2. The third-order valence-corrected chi connectivity index (χ3v) is 8.07. The summed E-state index contributed by atoms with van der Waals surface area (Å²) in [6.07, 6.45) is 10.8. The molecule has 4 aromatic rings. The summed E-state index contributed by atoms with van der Waals surface area (Å²) >= 11 is -0.826. The number of rotatable bonds is 7. The van der Waals surface area contributed by atoms with E-state index in [1.807, 2.05) is 12.1 Å². The predicted molar refractivity (Wildman–Crippen MR) is 170 cm³/mol. The minimum atomic E-state index is -0.826. The average molecular weight is 650 g/mol. The fraction of sp³-hybridized carbons (Fsp3) is 0.314. The van der Waals surface area contributed by atoms with Crippen molar-refractivity contribution < 1.29 is 20.8 Å². The maximum atomic E-state index is 4.93. The summed E-state index contributed by atoms with van der Waals surface area (Å²) in [6.45, 7) is 4.63. The molecule has 0 N–H and O–H groups in total. The zero-order valence-corrected chi connectivity index (χ0v) is 28.4. The number of hydrogen-bond acceptors (Lipinski definition) is 0.